The van der Waals surface area contributed by atoms with Crippen molar-refractivity contribution in [1.82, 2.24) is 4.57 Å². The highest BCUT2D eigenvalue weighted by atomic mass is 19.1. The van der Waals surface area contributed by atoms with E-state index < -0.39 is 0 Å². The van der Waals surface area contributed by atoms with E-state index >= 15 is 0 Å². The summed E-state index contributed by atoms with van der Waals surface area (Å²) in [7, 11) is 1.48. The monoisotopic (exact) mass is 255 g/mol. The Labute approximate surface area is 111 Å². The minimum Gasteiger partial charge on any atom is -0.494 e. The molecule has 0 amide bonds. The van der Waals surface area contributed by atoms with E-state index in [2.05, 4.69) is 0 Å². The highest BCUT2D eigenvalue weighted by molar-refractivity contribution is 5.80. The minimum absolute atomic E-state index is 0.286. The van der Waals surface area contributed by atoms with Crippen LogP contribution in [0.1, 0.15) is 5.56 Å². The predicted molar refractivity (Wildman–Crippen MR) is 74.0 cm³/mol. The number of fused-ring (bicyclic) bond motifs is 1. The van der Waals surface area contributed by atoms with Gasteiger partial charge >= 0.3 is 0 Å². The van der Waals surface area contributed by atoms with E-state index in [1.54, 1.807) is 12.1 Å². The molecule has 2 aromatic carbocycles. The van der Waals surface area contributed by atoms with E-state index in [9.17, 15) is 4.39 Å². The summed E-state index contributed by atoms with van der Waals surface area (Å²) >= 11 is 0. The number of hydrogen-bond acceptors (Lipinski definition) is 1. The van der Waals surface area contributed by atoms with Crippen molar-refractivity contribution in [3.63, 3.8) is 0 Å². The molecule has 0 spiro atoms. The molecule has 1 aromatic heterocycles. The third-order valence-electron chi connectivity index (χ3n) is 3.28. The van der Waals surface area contributed by atoms with E-state index in [0.29, 0.717) is 12.1 Å². The van der Waals surface area contributed by atoms with Gasteiger partial charge in [0, 0.05) is 17.3 Å². The van der Waals surface area contributed by atoms with Crippen molar-refractivity contribution in [2.45, 2.75) is 6.54 Å². The molecule has 0 aliphatic carbocycles. The lowest BCUT2D eigenvalue weighted by molar-refractivity contribution is 0.383. The van der Waals surface area contributed by atoms with Crippen molar-refractivity contribution >= 4 is 10.9 Å². The zero-order valence-electron chi connectivity index (χ0n) is 10.6. The summed E-state index contributed by atoms with van der Waals surface area (Å²) in [6, 6.07) is 15.3. The molecule has 96 valence electrons. The number of ether oxygens (including phenoxy) is 1. The quantitative estimate of drug-likeness (QED) is 0.693. The average Bonchev–Trinajstić information content (AvgIpc) is 2.85. The first-order chi connectivity index (χ1) is 9.29. The lowest BCUT2D eigenvalue weighted by Gasteiger charge is -2.09. The number of aromatic nitrogens is 1. The Morgan fingerprint density at radius 2 is 1.89 bits per heavy atom. The van der Waals surface area contributed by atoms with Gasteiger partial charge in [0.1, 0.15) is 0 Å². The molecule has 0 aliphatic rings. The van der Waals surface area contributed by atoms with Crippen LogP contribution in [0, 0.1) is 5.82 Å². The molecule has 0 saturated carbocycles. The van der Waals surface area contributed by atoms with E-state index in [-0.39, 0.29) is 11.6 Å². The summed E-state index contributed by atoms with van der Waals surface area (Å²) in [4.78, 5) is 0. The second-order valence-electron chi connectivity index (χ2n) is 4.44. The molecule has 0 N–H and O–H groups in total. The van der Waals surface area contributed by atoms with Crippen LogP contribution >= 0.6 is 0 Å². The van der Waals surface area contributed by atoms with Crippen LogP contribution in [0.25, 0.3) is 10.9 Å². The van der Waals surface area contributed by atoms with Crippen LogP contribution in [0.2, 0.25) is 0 Å². The summed E-state index contributed by atoms with van der Waals surface area (Å²) in [6.07, 6.45) is 1.98. The molecule has 0 radical (unpaired) electrons. The Bertz CT molecular complexity index is 718. The fourth-order valence-corrected chi connectivity index (χ4v) is 2.30. The molecule has 3 aromatic rings. The molecule has 0 atom stereocenters. The Kier molecular flexibility index (Phi) is 2.95. The fraction of sp³-hybridized carbons (Fsp3) is 0.125. The van der Waals surface area contributed by atoms with E-state index in [1.165, 1.54) is 7.11 Å². The van der Waals surface area contributed by atoms with Gasteiger partial charge in [0.25, 0.3) is 0 Å². The third-order valence-corrected chi connectivity index (χ3v) is 3.28. The van der Waals surface area contributed by atoms with Crippen molar-refractivity contribution in [3.05, 3.63) is 66.1 Å². The molecule has 3 heteroatoms. The molecule has 19 heavy (non-hydrogen) atoms. The molecule has 0 bridgehead atoms. The normalized spacial score (nSPS) is 10.8. The Balaban J connectivity index is 2.02. The van der Waals surface area contributed by atoms with E-state index in [4.69, 9.17) is 4.74 Å². The molecule has 0 unspecified atom stereocenters. The molecule has 3 rings (SSSR count). The molecule has 0 fully saturated rings. The first-order valence-corrected chi connectivity index (χ1v) is 6.15. The summed E-state index contributed by atoms with van der Waals surface area (Å²) in [5.41, 5.74) is 1.73. The number of nitrogens with zero attached hydrogens (tertiary/aromatic N) is 1. The van der Waals surface area contributed by atoms with Gasteiger partial charge in [-0.25, -0.2) is 4.39 Å². The van der Waals surface area contributed by atoms with Crippen LogP contribution in [0.5, 0.6) is 5.75 Å². The van der Waals surface area contributed by atoms with Crippen molar-refractivity contribution in [1.29, 1.82) is 0 Å². The van der Waals surface area contributed by atoms with Crippen LogP contribution in [0.15, 0.2) is 54.7 Å². The van der Waals surface area contributed by atoms with Gasteiger partial charge in [0.05, 0.1) is 13.7 Å². The fourth-order valence-electron chi connectivity index (χ4n) is 2.30. The van der Waals surface area contributed by atoms with Crippen LogP contribution in [-0.4, -0.2) is 11.7 Å². The van der Waals surface area contributed by atoms with Crippen LogP contribution in [0.3, 0.4) is 0 Å². The van der Waals surface area contributed by atoms with Gasteiger partial charge in [-0.2, -0.15) is 0 Å². The summed E-state index contributed by atoms with van der Waals surface area (Å²) < 4.78 is 21.2. The van der Waals surface area contributed by atoms with Crippen molar-refractivity contribution in [2.24, 2.45) is 0 Å². The Morgan fingerprint density at radius 1 is 1.05 bits per heavy atom. The lowest BCUT2D eigenvalue weighted by atomic mass is 10.2. The standard InChI is InChI=1S/C16H14FNO/c1-19-15-8-4-6-13(16(15)17)11-18-10-9-12-5-2-3-7-14(12)18/h2-10H,11H2,1H3. The molecule has 0 saturated heterocycles. The first kappa shape index (κ1) is 11.8. The minimum atomic E-state index is -0.289. The Hall–Kier alpha value is -2.29. The van der Waals surface area contributed by atoms with E-state index in [1.807, 2.05) is 47.2 Å². The van der Waals surface area contributed by atoms with Gasteiger partial charge < -0.3 is 9.30 Å². The summed E-state index contributed by atoms with van der Waals surface area (Å²) in [5, 5.41) is 1.16. The van der Waals surface area contributed by atoms with Crippen molar-refractivity contribution in [3.8, 4) is 5.75 Å². The number of halogens is 1. The lowest BCUT2D eigenvalue weighted by Crippen LogP contribution is -2.01. The zero-order chi connectivity index (χ0) is 13.2. The maximum Gasteiger partial charge on any atom is 0.170 e. The van der Waals surface area contributed by atoms with Crippen LogP contribution in [-0.2, 0) is 6.54 Å². The first-order valence-electron chi connectivity index (χ1n) is 6.15. The zero-order valence-corrected chi connectivity index (χ0v) is 10.6. The van der Waals surface area contributed by atoms with Crippen LogP contribution in [0.4, 0.5) is 4.39 Å². The number of benzene rings is 2. The SMILES string of the molecule is COc1cccc(Cn2ccc3ccccc32)c1F. The molecular weight excluding hydrogens is 241 g/mol. The highest BCUT2D eigenvalue weighted by Gasteiger charge is 2.09. The topological polar surface area (TPSA) is 14.2 Å². The number of hydrogen-bond donors (Lipinski definition) is 0. The van der Waals surface area contributed by atoms with Gasteiger partial charge in [-0.15, -0.1) is 0 Å². The second kappa shape index (κ2) is 4.76. The second-order valence-corrected chi connectivity index (χ2v) is 4.44. The summed E-state index contributed by atoms with van der Waals surface area (Å²) in [5.74, 6) is -0.00302. The highest BCUT2D eigenvalue weighted by Crippen LogP contribution is 2.23. The van der Waals surface area contributed by atoms with Gasteiger partial charge in [-0.3, -0.25) is 0 Å². The number of methoxy groups -OCH3 is 1. The predicted octanol–water partition coefficient (Wildman–Crippen LogP) is 3.84. The van der Waals surface area contributed by atoms with Gasteiger partial charge in [-0.1, -0.05) is 30.3 Å². The van der Waals surface area contributed by atoms with E-state index in [0.717, 1.165) is 10.9 Å². The van der Waals surface area contributed by atoms with Crippen molar-refractivity contribution in [2.75, 3.05) is 7.11 Å². The van der Waals surface area contributed by atoms with Gasteiger partial charge in [0.2, 0.25) is 0 Å². The number of rotatable bonds is 3. The van der Waals surface area contributed by atoms with Crippen LogP contribution < -0.4 is 4.74 Å². The molecule has 0 aliphatic heterocycles. The third kappa shape index (κ3) is 2.08. The maximum atomic E-state index is 14.1. The average molecular weight is 255 g/mol. The molecule has 1 heterocycles. The smallest absolute Gasteiger partial charge is 0.170 e. The molecular formula is C16H14FNO. The number of para-hydroxylation sites is 1. The van der Waals surface area contributed by atoms with Crippen molar-refractivity contribution < 1.29 is 9.13 Å². The molecule has 2 nitrogen and oxygen atoms in total. The summed E-state index contributed by atoms with van der Waals surface area (Å²) in [6.45, 7) is 0.497. The van der Waals surface area contributed by atoms with Gasteiger partial charge in [-0.05, 0) is 23.6 Å². The van der Waals surface area contributed by atoms with Gasteiger partial charge in [0.15, 0.2) is 11.6 Å². The maximum absolute atomic E-state index is 14.1. The largest absolute Gasteiger partial charge is 0.494 e. The Morgan fingerprint density at radius 3 is 2.74 bits per heavy atom.